The summed E-state index contributed by atoms with van der Waals surface area (Å²) in [5.41, 5.74) is 5.61. The van der Waals surface area contributed by atoms with Crippen LogP contribution in [0.25, 0.3) is 17.2 Å². The van der Waals surface area contributed by atoms with Crippen molar-refractivity contribution in [2.45, 2.75) is 5.03 Å². The van der Waals surface area contributed by atoms with Crippen molar-refractivity contribution in [3.8, 4) is 23.3 Å². The Hall–Kier alpha value is -2.68. The first-order valence-corrected chi connectivity index (χ1v) is 7.58. The van der Waals surface area contributed by atoms with Crippen LogP contribution in [-0.2, 0) is 0 Å². The van der Waals surface area contributed by atoms with E-state index >= 15 is 0 Å². The molecule has 2 aromatic heterocycles. The third kappa shape index (κ3) is 3.55. The van der Waals surface area contributed by atoms with Gasteiger partial charge >= 0.3 is 5.76 Å². The molecule has 0 amide bonds. The molecule has 3 aromatic rings. The topological polar surface area (TPSA) is 137 Å². The van der Waals surface area contributed by atoms with Crippen LogP contribution in [0.15, 0.2) is 37.2 Å². The number of nitrogens with two attached hydrogens (primary N) is 1. The maximum Gasteiger partial charge on any atom is 0.446 e. The molecule has 0 saturated heterocycles. The summed E-state index contributed by atoms with van der Waals surface area (Å²) in [5.74, 6) is -0.942. The molecule has 0 fully saturated rings. The van der Waals surface area contributed by atoms with Crippen LogP contribution >= 0.6 is 24.2 Å². The van der Waals surface area contributed by atoms with Crippen LogP contribution < -0.4 is 11.5 Å². The van der Waals surface area contributed by atoms with Gasteiger partial charge in [-0.25, -0.2) is 18.4 Å². The molecule has 0 aliphatic rings. The van der Waals surface area contributed by atoms with Gasteiger partial charge in [-0.2, -0.15) is 5.26 Å². The predicted octanol–water partition coefficient (Wildman–Crippen LogP) is 1.36. The highest BCUT2D eigenvalue weighted by atomic mass is 35.5. The molecule has 1 aromatic carbocycles. The zero-order chi connectivity index (χ0) is 17.1. The monoisotopic (exact) mass is 384 g/mol. The van der Waals surface area contributed by atoms with Gasteiger partial charge in [-0.15, -0.1) is 12.4 Å². The van der Waals surface area contributed by atoms with E-state index in [9.17, 15) is 9.18 Å². The Kier molecular flexibility index (Phi) is 5.92. The molecule has 0 aliphatic carbocycles. The number of aromatic nitrogens is 4. The fourth-order valence-corrected chi connectivity index (χ4v) is 2.60. The summed E-state index contributed by atoms with van der Waals surface area (Å²) >= 11 is 1.27. The van der Waals surface area contributed by atoms with Crippen molar-refractivity contribution < 1.29 is 13.5 Å². The average Bonchev–Trinajstić information content (AvgIpc) is 3.19. The molecule has 0 spiro atoms. The van der Waals surface area contributed by atoms with E-state index in [1.807, 2.05) is 0 Å². The second-order valence-corrected chi connectivity index (χ2v) is 5.52. The molecule has 0 unspecified atom stereocenters. The number of rotatable bonds is 5. The summed E-state index contributed by atoms with van der Waals surface area (Å²) in [7, 11) is 0. The predicted molar refractivity (Wildman–Crippen MR) is 87.1 cm³/mol. The molecular weight excluding hydrogens is 375 g/mol. The largest absolute Gasteiger partial charge is 0.446 e. The van der Waals surface area contributed by atoms with Crippen LogP contribution in [0.5, 0.6) is 0 Å². The summed E-state index contributed by atoms with van der Waals surface area (Å²) in [5, 5.41) is 20.5. The van der Waals surface area contributed by atoms with Crippen LogP contribution in [0.3, 0.4) is 0 Å². The molecule has 0 aliphatic heterocycles. The zero-order valence-corrected chi connectivity index (χ0v) is 14.0. The van der Waals surface area contributed by atoms with E-state index in [0.717, 1.165) is 10.6 Å². The molecule has 0 saturated carbocycles. The maximum atomic E-state index is 13.5. The highest BCUT2D eigenvalue weighted by Gasteiger charge is 2.23. The molecular formula is C13H10ClFN6O3S. The standard InChI is InChI=1S/C13H9FN6O3S.ClH/c14-9-2-1-8(5-7(9)6-16)20-11(18-22-13(20)21)10-12(19-23-17-10)24-4-3-15;/h1-2,5H,3-4,15H2;1H. The second kappa shape index (κ2) is 7.93. The van der Waals surface area contributed by atoms with Gasteiger partial charge in [0.25, 0.3) is 0 Å². The first kappa shape index (κ1) is 18.7. The third-order valence-electron chi connectivity index (χ3n) is 2.96. The van der Waals surface area contributed by atoms with Gasteiger partial charge in [0.1, 0.15) is 11.9 Å². The van der Waals surface area contributed by atoms with Crippen LogP contribution in [0.4, 0.5) is 4.39 Å². The van der Waals surface area contributed by atoms with Gasteiger partial charge in [0, 0.05) is 12.3 Å². The average molecular weight is 385 g/mol. The Morgan fingerprint density at radius 2 is 2.16 bits per heavy atom. The minimum absolute atomic E-state index is 0. The molecule has 9 nitrogen and oxygen atoms in total. The van der Waals surface area contributed by atoms with Crippen molar-refractivity contribution >= 4 is 24.2 Å². The maximum absolute atomic E-state index is 13.5. The van der Waals surface area contributed by atoms with E-state index in [1.54, 1.807) is 6.07 Å². The van der Waals surface area contributed by atoms with Gasteiger partial charge in [-0.3, -0.25) is 4.52 Å². The SMILES string of the molecule is Cl.N#Cc1cc(-n2c(-c3nonc3SCCN)noc2=O)ccc1F. The van der Waals surface area contributed by atoms with E-state index < -0.39 is 11.6 Å². The Bertz CT molecular complexity index is 979. The molecule has 2 N–H and O–H groups in total. The first-order valence-electron chi connectivity index (χ1n) is 6.60. The van der Waals surface area contributed by atoms with E-state index in [4.69, 9.17) is 15.6 Å². The van der Waals surface area contributed by atoms with Crippen LogP contribution in [0.1, 0.15) is 5.56 Å². The summed E-state index contributed by atoms with van der Waals surface area (Å²) in [6, 6.07) is 5.30. The quantitative estimate of drug-likeness (QED) is 0.646. The Morgan fingerprint density at radius 3 is 2.88 bits per heavy atom. The molecule has 25 heavy (non-hydrogen) atoms. The van der Waals surface area contributed by atoms with Crippen molar-refractivity contribution in [3.05, 3.63) is 40.1 Å². The number of hydrogen-bond donors (Lipinski definition) is 1. The Morgan fingerprint density at radius 1 is 1.36 bits per heavy atom. The summed E-state index contributed by atoms with van der Waals surface area (Å²) in [4.78, 5) is 12.0. The number of nitrogens with zero attached hydrogens (tertiary/aromatic N) is 5. The number of nitriles is 1. The summed E-state index contributed by atoms with van der Waals surface area (Å²) in [6.07, 6.45) is 0. The number of benzene rings is 1. The van der Waals surface area contributed by atoms with Crippen molar-refractivity contribution in [2.75, 3.05) is 12.3 Å². The van der Waals surface area contributed by atoms with E-state index in [-0.39, 0.29) is 35.2 Å². The van der Waals surface area contributed by atoms with Gasteiger partial charge in [0.2, 0.25) is 5.82 Å². The highest BCUT2D eigenvalue weighted by Crippen LogP contribution is 2.27. The molecule has 2 heterocycles. The van der Waals surface area contributed by atoms with E-state index in [0.29, 0.717) is 17.3 Å². The normalized spacial score (nSPS) is 10.3. The first-order chi connectivity index (χ1) is 11.7. The number of halogens is 2. The minimum atomic E-state index is -0.821. The summed E-state index contributed by atoms with van der Waals surface area (Å²) in [6.45, 7) is 0.409. The van der Waals surface area contributed by atoms with Gasteiger partial charge < -0.3 is 5.73 Å². The lowest BCUT2D eigenvalue weighted by molar-refractivity contribution is 0.299. The lowest BCUT2D eigenvalue weighted by Crippen LogP contribution is -2.14. The van der Waals surface area contributed by atoms with Gasteiger partial charge in [-0.05, 0) is 28.5 Å². The highest BCUT2D eigenvalue weighted by molar-refractivity contribution is 7.99. The third-order valence-corrected chi connectivity index (χ3v) is 3.94. The molecule has 0 radical (unpaired) electrons. The second-order valence-electron chi connectivity index (χ2n) is 4.44. The van der Waals surface area contributed by atoms with Crippen LogP contribution in [-0.4, -0.2) is 32.3 Å². The Labute approximate surface area is 150 Å². The Balaban J connectivity index is 0.00000225. The molecule has 3 rings (SSSR count). The smallest absolute Gasteiger partial charge is 0.330 e. The van der Waals surface area contributed by atoms with Crippen LogP contribution in [0, 0.1) is 17.1 Å². The van der Waals surface area contributed by atoms with Gasteiger partial charge in [0.15, 0.2) is 10.7 Å². The van der Waals surface area contributed by atoms with Crippen molar-refractivity contribution in [1.29, 1.82) is 5.26 Å². The van der Waals surface area contributed by atoms with Crippen molar-refractivity contribution in [3.63, 3.8) is 0 Å². The zero-order valence-electron chi connectivity index (χ0n) is 12.4. The number of hydrogen-bond acceptors (Lipinski definition) is 9. The van der Waals surface area contributed by atoms with E-state index in [1.165, 1.54) is 23.9 Å². The molecule has 0 atom stereocenters. The lowest BCUT2D eigenvalue weighted by Gasteiger charge is -2.04. The minimum Gasteiger partial charge on any atom is -0.330 e. The fourth-order valence-electron chi connectivity index (χ4n) is 1.93. The van der Waals surface area contributed by atoms with Crippen molar-refractivity contribution in [1.82, 2.24) is 20.0 Å². The van der Waals surface area contributed by atoms with Gasteiger partial charge in [0.05, 0.1) is 11.3 Å². The molecule has 12 heteroatoms. The van der Waals surface area contributed by atoms with Crippen molar-refractivity contribution in [2.24, 2.45) is 5.73 Å². The van der Waals surface area contributed by atoms with E-state index in [2.05, 4.69) is 20.0 Å². The molecule has 0 bridgehead atoms. The van der Waals surface area contributed by atoms with Crippen LogP contribution in [0.2, 0.25) is 0 Å². The summed E-state index contributed by atoms with van der Waals surface area (Å²) < 4.78 is 23.9. The number of thioether (sulfide) groups is 1. The fraction of sp³-hybridized carbons (Fsp3) is 0.154. The van der Waals surface area contributed by atoms with Gasteiger partial charge in [-0.1, -0.05) is 16.9 Å². The molecule has 130 valence electrons. The lowest BCUT2D eigenvalue weighted by atomic mass is 10.2.